The van der Waals surface area contributed by atoms with E-state index in [1.54, 1.807) is 0 Å². The van der Waals surface area contributed by atoms with E-state index < -0.39 is 77.9 Å². The van der Waals surface area contributed by atoms with Gasteiger partial charge in [0.25, 0.3) is 5.91 Å². The summed E-state index contributed by atoms with van der Waals surface area (Å²) < 4.78 is 12.9. The number of nitrogens with one attached hydrogen (secondary N) is 1. The molecule has 0 aliphatic carbocycles. The van der Waals surface area contributed by atoms with Crippen LogP contribution in [-0.2, 0) is 24.0 Å². The summed E-state index contributed by atoms with van der Waals surface area (Å²) in [5, 5.41) is 31.2. The van der Waals surface area contributed by atoms with Crippen LogP contribution in [0.4, 0.5) is 9.18 Å². The molecule has 0 aromatic carbocycles. The van der Waals surface area contributed by atoms with Crippen LogP contribution in [0.1, 0.15) is 69.2 Å². The average Bonchev–Trinajstić information content (AvgIpc) is 2.89. The van der Waals surface area contributed by atoms with Crippen molar-refractivity contribution >= 4 is 41.7 Å². The van der Waals surface area contributed by atoms with Crippen LogP contribution in [-0.4, -0.2) is 90.4 Å². The summed E-state index contributed by atoms with van der Waals surface area (Å²) in [5.41, 5.74) is -1.82. The molecule has 1 aliphatic heterocycles. The van der Waals surface area contributed by atoms with Crippen LogP contribution in [0.25, 0.3) is 0 Å². The molecule has 40 heavy (non-hydrogen) atoms. The second-order valence-corrected chi connectivity index (χ2v) is 9.18. The normalized spacial score (nSPS) is 16.4. The summed E-state index contributed by atoms with van der Waals surface area (Å²) in [6, 6.07) is -2.91. The summed E-state index contributed by atoms with van der Waals surface area (Å²) in [4.78, 5) is 91.8. The molecule has 1 aromatic rings. The van der Waals surface area contributed by atoms with E-state index in [4.69, 9.17) is 5.11 Å². The maximum Gasteiger partial charge on any atom is 0.335 e. The molecule has 1 aromatic heterocycles. The molecule has 0 radical (unpaired) electrons. The van der Waals surface area contributed by atoms with E-state index in [-0.39, 0.29) is 44.2 Å². The Morgan fingerprint density at radius 1 is 0.925 bits per heavy atom. The Bertz CT molecular complexity index is 1170. The molecular weight excluding hydrogens is 535 g/mol. The number of amides is 5. The largest absolute Gasteiger partial charge is 0.481 e. The lowest BCUT2D eigenvalue weighted by molar-refractivity contribution is -0.170. The summed E-state index contributed by atoms with van der Waals surface area (Å²) in [7, 11) is 0. The van der Waals surface area contributed by atoms with Gasteiger partial charge in [-0.05, 0) is 50.7 Å². The minimum Gasteiger partial charge on any atom is -0.481 e. The van der Waals surface area contributed by atoms with E-state index in [0.29, 0.717) is 9.80 Å². The van der Waals surface area contributed by atoms with E-state index in [0.717, 1.165) is 12.3 Å². The van der Waals surface area contributed by atoms with Crippen LogP contribution in [0.2, 0.25) is 0 Å². The number of halogens is 1. The number of barbiturate groups is 1. The lowest BCUT2D eigenvalue weighted by Crippen LogP contribution is -2.70. The lowest BCUT2D eigenvalue weighted by atomic mass is 9.77. The molecule has 1 saturated heterocycles. The number of imide groups is 2. The molecule has 5 amide bonds. The number of carbonyl (C=O) groups is 7. The smallest absolute Gasteiger partial charge is 0.335 e. The van der Waals surface area contributed by atoms with E-state index in [1.165, 1.54) is 19.9 Å². The Morgan fingerprint density at radius 3 is 1.93 bits per heavy atom. The first-order valence-corrected chi connectivity index (χ1v) is 12.6. The number of urea groups is 1. The zero-order valence-electron chi connectivity index (χ0n) is 22.0. The van der Waals surface area contributed by atoms with Crippen molar-refractivity contribution in [3.63, 3.8) is 0 Å². The number of nitrogens with zero attached hydrogens (tertiary/aromatic N) is 3. The van der Waals surface area contributed by atoms with Gasteiger partial charge in [0.1, 0.15) is 17.5 Å². The highest BCUT2D eigenvalue weighted by Gasteiger charge is 2.59. The van der Waals surface area contributed by atoms with Crippen LogP contribution in [0.15, 0.2) is 18.3 Å². The predicted molar refractivity (Wildman–Crippen MR) is 132 cm³/mol. The van der Waals surface area contributed by atoms with Crippen molar-refractivity contribution in [3.8, 4) is 0 Å². The minimum atomic E-state index is -1.94. The fourth-order valence-corrected chi connectivity index (χ4v) is 4.51. The molecular formula is C25H31FN4O10. The second-order valence-electron chi connectivity index (χ2n) is 9.18. The Kier molecular flexibility index (Phi) is 10.8. The second kappa shape index (κ2) is 13.6. The number of carboxylic acids is 3. The third kappa shape index (κ3) is 6.76. The fraction of sp³-hybridized carbons (Fsp3) is 0.520. The number of aromatic nitrogens is 1. The standard InChI is InChI=1S/C25H31FN4O10/c1-3-25(4-2)22(38)29(24(40)30(23(25)39)16(21(36)37)9-11-18(31)32)15(20(34)35)7-5-6-12-27-19(33)14-8-10-17(26)28-13-14/h8,10,13,15-16H,3-7,9,11-12H2,1-2H3,(H,27,33)(H,31,32)(H,34,35)(H,36,37)/t15-,16-/m0/s1. The highest BCUT2D eigenvalue weighted by Crippen LogP contribution is 2.39. The summed E-state index contributed by atoms with van der Waals surface area (Å²) in [6.45, 7) is 3.00. The quantitative estimate of drug-likeness (QED) is 0.136. The molecule has 0 bridgehead atoms. The zero-order chi connectivity index (χ0) is 30.2. The van der Waals surface area contributed by atoms with Gasteiger partial charge >= 0.3 is 23.9 Å². The van der Waals surface area contributed by atoms with E-state index in [9.17, 15) is 48.2 Å². The maximum absolute atomic E-state index is 13.5. The monoisotopic (exact) mass is 566 g/mol. The molecule has 1 fully saturated rings. The third-order valence-electron chi connectivity index (χ3n) is 6.88. The molecule has 15 heteroatoms. The molecule has 1 aliphatic rings. The summed E-state index contributed by atoms with van der Waals surface area (Å²) in [5.74, 6) is -8.13. The van der Waals surface area contributed by atoms with Crippen LogP contribution < -0.4 is 5.32 Å². The number of pyridine rings is 1. The first kappa shape index (κ1) is 31.8. The number of carbonyl (C=O) groups excluding carboxylic acids is 4. The van der Waals surface area contributed by atoms with Crippen LogP contribution >= 0.6 is 0 Å². The van der Waals surface area contributed by atoms with Gasteiger partial charge in [-0.25, -0.2) is 29.2 Å². The van der Waals surface area contributed by atoms with Crippen LogP contribution in [0, 0.1) is 11.4 Å². The molecule has 14 nitrogen and oxygen atoms in total. The third-order valence-corrected chi connectivity index (χ3v) is 6.88. The topological polar surface area (TPSA) is 212 Å². The lowest BCUT2D eigenvalue weighted by Gasteiger charge is -2.46. The Morgan fingerprint density at radius 2 is 1.48 bits per heavy atom. The van der Waals surface area contributed by atoms with E-state index in [1.807, 2.05) is 0 Å². The minimum absolute atomic E-state index is 0.0686. The molecule has 2 heterocycles. The molecule has 2 rings (SSSR count). The molecule has 4 N–H and O–H groups in total. The van der Waals surface area contributed by atoms with Crippen molar-refractivity contribution in [2.24, 2.45) is 5.41 Å². The van der Waals surface area contributed by atoms with Crippen molar-refractivity contribution < 1.29 is 53.3 Å². The van der Waals surface area contributed by atoms with Gasteiger partial charge in [-0.3, -0.25) is 19.2 Å². The SMILES string of the molecule is CCC1(CC)C(=O)N([C@@H](CCCCNC(=O)c2ccc(F)nc2)C(=O)O)C(=O)N([C@@H](CCC(=O)O)C(=O)O)C1=O. The van der Waals surface area contributed by atoms with Gasteiger partial charge in [-0.1, -0.05) is 13.8 Å². The van der Waals surface area contributed by atoms with Gasteiger partial charge in [-0.2, -0.15) is 4.39 Å². The van der Waals surface area contributed by atoms with Gasteiger partial charge in [0.2, 0.25) is 17.8 Å². The number of unbranched alkanes of at least 4 members (excludes halogenated alkanes) is 1. The maximum atomic E-state index is 13.5. The molecule has 2 atom stereocenters. The average molecular weight is 567 g/mol. The Hall–Kier alpha value is -4.43. The van der Waals surface area contributed by atoms with Gasteiger partial charge in [0.05, 0.1) is 5.56 Å². The number of rotatable bonds is 15. The number of carboxylic acid groups (broad SMARTS) is 3. The van der Waals surface area contributed by atoms with Crippen molar-refractivity contribution in [2.45, 2.75) is 70.9 Å². The Labute approximate surface area is 228 Å². The summed E-state index contributed by atoms with van der Waals surface area (Å²) in [6.07, 6.45) is -0.598. The van der Waals surface area contributed by atoms with Crippen molar-refractivity contribution in [2.75, 3.05) is 6.54 Å². The number of hydrogen-bond acceptors (Lipinski definition) is 8. The van der Waals surface area contributed by atoms with Crippen molar-refractivity contribution in [1.29, 1.82) is 0 Å². The zero-order valence-corrected chi connectivity index (χ0v) is 22.0. The first-order valence-electron chi connectivity index (χ1n) is 12.6. The van der Waals surface area contributed by atoms with Gasteiger partial charge < -0.3 is 20.6 Å². The number of aliphatic carboxylic acids is 3. The number of hydrogen-bond donors (Lipinski definition) is 4. The highest BCUT2D eigenvalue weighted by molar-refractivity contribution is 6.21. The molecule has 0 saturated carbocycles. The molecule has 0 unspecified atom stereocenters. The fourth-order valence-electron chi connectivity index (χ4n) is 4.51. The van der Waals surface area contributed by atoms with Gasteiger partial charge in [-0.15, -0.1) is 0 Å². The van der Waals surface area contributed by atoms with E-state index in [2.05, 4.69) is 10.3 Å². The van der Waals surface area contributed by atoms with Crippen molar-refractivity contribution in [3.05, 3.63) is 29.8 Å². The van der Waals surface area contributed by atoms with Gasteiger partial charge in [0.15, 0.2) is 0 Å². The van der Waals surface area contributed by atoms with Crippen LogP contribution in [0.5, 0.6) is 0 Å². The van der Waals surface area contributed by atoms with Crippen LogP contribution in [0.3, 0.4) is 0 Å². The molecule has 218 valence electrons. The predicted octanol–water partition coefficient (Wildman–Crippen LogP) is 1.49. The van der Waals surface area contributed by atoms with E-state index >= 15 is 0 Å². The van der Waals surface area contributed by atoms with Gasteiger partial charge in [0, 0.05) is 19.2 Å². The highest BCUT2D eigenvalue weighted by atomic mass is 19.1. The summed E-state index contributed by atoms with van der Waals surface area (Å²) >= 11 is 0. The first-order chi connectivity index (χ1) is 18.8. The van der Waals surface area contributed by atoms with Crippen molar-refractivity contribution in [1.82, 2.24) is 20.1 Å². The Balaban J connectivity index is 2.26. The molecule has 0 spiro atoms.